The van der Waals surface area contributed by atoms with E-state index in [-0.39, 0.29) is 6.10 Å². The van der Waals surface area contributed by atoms with Crippen LogP contribution >= 0.6 is 0 Å². The molecule has 3 rings (SSSR count). The molecule has 0 radical (unpaired) electrons. The van der Waals surface area contributed by atoms with Gasteiger partial charge in [-0.15, -0.1) is 0 Å². The van der Waals surface area contributed by atoms with Gasteiger partial charge in [-0.1, -0.05) is 18.2 Å². The van der Waals surface area contributed by atoms with Gasteiger partial charge < -0.3 is 9.84 Å². The van der Waals surface area contributed by atoms with Crippen LogP contribution in [0.4, 0.5) is 0 Å². The molecule has 2 aliphatic rings. The molecule has 1 saturated carbocycles. The molecule has 0 amide bonds. The van der Waals surface area contributed by atoms with Gasteiger partial charge in [0.05, 0.1) is 16.9 Å². The van der Waals surface area contributed by atoms with Crippen molar-refractivity contribution in [3.05, 3.63) is 30.3 Å². The average Bonchev–Trinajstić information content (AvgIpc) is 3.06. The second-order valence-corrected chi connectivity index (χ2v) is 6.00. The van der Waals surface area contributed by atoms with Crippen molar-refractivity contribution in [1.29, 1.82) is 0 Å². The zero-order valence-electron chi connectivity index (χ0n) is 8.83. The van der Waals surface area contributed by atoms with Crippen LogP contribution in [0.3, 0.4) is 0 Å². The van der Waals surface area contributed by atoms with Crippen LogP contribution in [0.5, 0.6) is 0 Å². The molecule has 1 heterocycles. The third-order valence-electron chi connectivity index (χ3n) is 3.37. The van der Waals surface area contributed by atoms with Crippen molar-refractivity contribution in [1.82, 2.24) is 0 Å². The van der Waals surface area contributed by atoms with Crippen molar-refractivity contribution in [2.24, 2.45) is 0 Å². The molecule has 2 fully saturated rings. The summed E-state index contributed by atoms with van der Waals surface area (Å²) in [7, 11) is -1.26. The smallest absolute Gasteiger partial charge is 0.199 e. The predicted octanol–water partition coefficient (Wildman–Crippen LogP) is 1.43. The van der Waals surface area contributed by atoms with Crippen LogP contribution in [-0.4, -0.2) is 26.5 Å². The van der Waals surface area contributed by atoms with E-state index < -0.39 is 21.8 Å². The molecule has 0 aromatic heterocycles. The highest BCUT2D eigenvalue weighted by Crippen LogP contribution is 2.51. The lowest BCUT2D eigenvalue weighted by atomic mass is 9.97. The highest BCUT2D eigenvalue weighted by atomic mass is 32.2. The average molecular weight is 238 g/mol. The summed E-state index contributed by atoms with van der Waals surface area (Å²) in [6.45, 7) is 0. The molecule has 1 aromatic rings. The molecule has 1 aliphatic heterocycles. The normalized spacial score (nSPS) is 38.8. The Bertz CT molecular complexity index is 420. The summed E-state index contributed by atoms with van der Waals surface area (Å²) in [5.74, 6) is 0. The highest BCUT2D eigenvalue weighted by molar-refractivity contribution is 7.86. The Labute approximate surface area is 96.9 Å². The zero-order valence-corrected chi connectivity index (χ0v) is 9.65. The van der Waals surface area contributed by atoms with Crippen LogP contribution in [-0.2, 0) is 15.5 Å². The van der Waals surface area contributed by atoms with Gasteiger partial charge in [0, 0.05) is 4.90 Å². The molecule has 4 heteroatoms. The number of rotatable bonds is 2. The SMILES string of the molecule is O=[S@@](c1ccccc1)[C@@]12O[C@@H]1CCC[C@@H]2O. The number of aliphatic hydroxyl groups is 1. The zero-order chi connectivity index (χ0) is 11.2. The van der Waals surface area contributed by atoms with E-state index in [0.717, 1.165) is 17.7 Å². The van der Waals surface area contributed by atoms with Gasteiger partial charge in [0.1, 0.15) is 6.10 Å². The van der Waals surface area contributed by atoms with E-state index in [9.17, 15) is 9.32 Å². The molecule has 0 spiro atoms. The van der Waals surface area contributed by atoms with Gasteiger partial charge in [-0.25, -0.2) is 0 Å². The first kappa shape index (κ1) is 10.4. The minimum absolute atomic E-state index is 0.0164. The molecular weight excluding hydrogens is 224 g/mol. The number of hydrogen-bond acceptors (Lipinski definition) is 3. The van der Waals surface area contributed by atoms with Crippen LogP contribution in [0.25, 0.3) is 0 Å². The molecule has 0 unspecified atom stereocenters. The summed E-state index contributed by atoms with van der Waals surface area (Å²) < 4.78 is 17.9. The summed E-state index contributed by atoms with van der Waals surface area (Å²) in [4.78, 5) is -0.0643. The lowest BCUT2D eigenvalue weighted by molar-refractivity contribution is 0.107. The maximum Gasteiger partial charge on any atom is 0.199 e. The van der Waals surface area contributed by atoms with Gasteiger partial charge in [0.25, 0.3) is 0 Å². The van der Waals surface area contributed by atoms with Crippen LogP contribution in [0.1, 0.15) is 19.3 Å². The Morgan fingerprint density at radius 3 is 2.75 bits per heavy atom. The standard InChI is InChI=1S/C12H14O3S/c13-10-7-4-8-11-12(10,15-11)16(14)9-5-2-1-3-6-9/h1-3,5-6,10-11,13H,4,7-8H2/t10-,11+,12+,16-/m0/s1. The van der Waals surface area contributed by atoms with Crippen molar-refractivity contribution >= 4 is 10.8 Å². The molecule has 3 nitrogen and oxygen atoms in total. The quantitative estimate of drug-likeness (QED) is 0.793. The molecule has 1 N–H and O–H groups in total. The summed E-state index contributed by atoms with van der Waals surface area (Å²) in [6.07, 6.45) is 1.95. The largest absolute Gasteiger partial charge is 0.389 e. The second-order valence-electron chi connectivity index (χ2n) is 4.36. The predicted molar refractivity (Wildman–Crippen MR) is 60.3 cm³/mol. The molecule has 4 atom stereocenters. The van der Waals surface area contributed by atoms with Gasteiger partial charge in [0.2, 0.25) is 0 Å². The number of fused-ring (bicyclic) bond motifs is 1. The van der Waals surface area contributed by atoms with Crippen molar-refractivity contribution in [2.45, 2.75) is 41.3 Å². The fourth-order valence-electron chi connectivity index (χ4n) is 2.45. The van der Waals surface area contributed by atoms with Gasteiger partial charge in [-0.2, -0.15) is 0 Å². The van der Waals surface area contributed by atoms with E-state index >= 15 is 0 Å². The fourth-order valence-corrected chi connectivity index (χ4v) is 4.15. The van der Waals surface area contributed by atoms with Gasteiger partial charge in [-0.05, 0) is 31.4 Å². The van der Waals surface area contributed by atoms with Crippen molar-refractivity contribution in [3.63, 3.8) is 0 Å². The van der Waals surface area contributed by atoms with Gasteiger partial charge >= 0.3 is 0 Å². The number of ether oxygens (including phenoxy) is 1. The fraction of sp³-hybridized carbons (Fsp3) is 0.500. The Balaban J connectivity index is 1.91. The lowest BCUT2D eigenvalue weighted by Gasteiger charge is -2.22. The number of hydrogen-bond donors (Lipinski definition) is 1. The number of benzene rings is 1. The molecule has 0 bridgehead atoms. The van der Waals surface area contributed by atoms with E-state index in [1.165, 1.54) is 0 Å². The summed E-state index contributed by atoms with van der Waals surface area (Å²) in [6, 6.07) is 9.25. The van der Waals surface area contributed by atoms with Crippen molar-refractivity contribution in [3.8, 4) is 0 Å². The first-order valence-electron chi connectivity index (χ1n) is 5.58. The van der Waals surface area contributed by atoms with Gasteiger partial charge in [-0.3, -0.25) is 4.21 Å². The molecule has 1 aliphatic carbocycles. The highest BCUT2D eigenvalue weighted by Gasteiger charge is 2.67. The van der Waals surface area contributed by atoms with E-state index in [2.05, 4.69) is 0 Å². The summed E-state index contributed by atoms with van der Waals surface area (Å²) >= 11 is 0. The second kappa shape index (κ2) is 3.65. The van der Waals surface area contributed by atoms with Crippen LogP contribution in [0.2, 0.25) is 0 Å². The van der Waals surface area contributed by atoms with Crippen LogP contribution < -0.4 is 0 Å². The summed E-state index contributed by atoms with van der Waals surface area (Å²) in [5, 5.41) is 9.98. The van der Waals surface area contributed by atoms with Crippen molar-refractivity contribution < 1.29 is 14.1 Å². The maximum absolute atomic E-state index is 12.4. The Morgan fingerprint density at radius 1 is 1.31 bits per heavy atom. The topological polar surface area (TPSA) is 49.8 Å². The molecule has 1 saturated heterocycles. The van der Waals surface area contributed by atoms with Gasteiger partial charge in [0.15, 0.2) is 4.93 Å². The van der Waals surface area contributed by atoms with Crippen molar-refractivity contribution in [2.75, 3.05) is 0 Å². The maximum atomic E-state index is 12.4. The lowest BCUT2D eigenvalue weighted by Crippen LogP contribution is -2.39. The van der Waals surface area contributed by atoms with E-state index in [1.54, 1.807) is 0 Å². The molecule has 16 heavy (non-hydrogen) atoms. The Morgan fingerprint density at radius 2 is 2.06 bits per heavy atom. The van der Waals surface area contributed by atoms with E-state index in [1.807, 2.05) is 30.3 Å². The summed E-state index contributed by atoms with van der Waals surface area (Å²) in [5.41, 5.74) is 0. The Kier molecular flexibility index (Phi) is 2.38. The third-order valence-corrected chi connectivity index (χ3v) is 5.28. The number of aliphatic hydroxyl groups excluding tert-OH is 1. The molecule has 86 valence electrons. The molecule has 1 aromatic carbocycles. The number of epoxide rings is 1. The molecular formula is C12H14O3S. The Hall–Kier alpha value is -0.710. The van der Waals surface area contributed by atoms with Crippen LogP contribution in [0, 0.1) is 0 Å². The van der Waals surface area contributed by atoms with E-state index in [0.29, 0.717) is 6.42 Å². The van der Waals surface area contributed by atoms with Crippen LogP contribution in [0.15, 0.2) is 35.2 Å². The minimum Gasteiger partial charge on any atom is -0.389 e. The van der Waals surface area contributed by atoms with E-state index in [4.69, 9.17) is 4.74 Å². The first-order chi connectivity index (χ1) is 7.75. The first-order valence-corrected chi connectivity index (χ1v) is 6.73. The third kappa shape index (κ3) is 1.37. The monoisotopic (exact) mass is 238 g/mol. The minimum atomic E-state index is -1.26.